The summed E-state index contributed by atoms with van der Waals surface area (Å²) in [4.78, 5) is 10.2. The number of nitrogens with zero attached hydrogens (tertiary/aromatic N) is 1. The maximum Gasteiger partial charge on any atom is 0.324 e. The van der Waals surface area contributed by atoms with Crippen molar-refractivity contribution in [2.24, 2.45) is 5.92 Å². The highest BCUT2D eigenvalue weighted by Crippen LogP contribution is 2.33. The molecule has 0 radical (unpaired) electrons. The Kier molecular flexibility index (Phi) is 5.12. The Morgan fingerprint density at radius 3 is 2.80 bits per heavy atom. The summed E-state index contributed by atoms with van der Waals surface area (Å²) in [5.74, 6) is 0.759. The van der Waals surface area contributed by atoms with E-state index in [0.29, 0.717) is 13.1 Å². The number of thiophene rings is 1. The zero-order chi connectivity index (χ0) is 14.6. The van der Waals surface area contributed by atoms with Gasteiger partial charge in [-0.2, -0.15) is 0 Å². The molecular weight excluding hydrogens is 276 g/mol. The molecule has 5 nitrogen and oxygen atoms in total. The third-order valence-electron chi connectivity index (χ3n) is 4.22. The number of aliphatic hydroxyl groups is 1. The lowest BCUT2D eigenvalue weighted by Crippen LogP contribution is -2.43. The monoisotopic (exact) mass is 298 g/mol. The summed E-state index contributed by atoms with van der Waals surface area (Å²) in [5.41, 5.74) is 0.306. The fraction of sp³-hybridized carbons (Fsp3) is 0.714. The second-order valence-corrected chi connectivity index (χ2v) is 6.62. The molecule has 6 heteroatoms. The minimum absolute atomic E-state index is 0.170. The van der Waals surface area contributed by atoms with Gasteiger partial charge in [0.05, 0.1) is 10.5 Å². The molecule has 2 rings (SSSR count). The number of rotatable bonds is 6. The summed E-state index contributed by atoms with van der Waals surface area (Å²) in [5, 5.41) is 26.3. The maximum absolute atomic E-state index is 10.6. The average molecular weight is 298 g/mol. The summed E-state index contributed by atoms with van der Waals surface area (Å²) >= 11 is 1.14. The lowest BCUT2D eigenvalue weighted by atomic mass is 9.78. The Balaban J connectivity index is 1.76. The molecule has 0 amide bonds. The van der Waals surface area contributed by atoms with E-state index in [2.05, 4.69) is 12.2 Å². The molecular formula is C14H22N2O3S. The molecule has 1 aromatic rings. The van der Waals surface area contributed by atoms with Crippen molar-refractivity contribution in [3.63, 3.8) is 0 Å². The van der Waals surface area contributed by atoms with Crippen LogP contribution in [0.25, 0.3) is 0 Å². The number of hydrogen-bond acceptors (Lipinski definition) is 5. The van der Waals surface area contributed by atoms with E-state index in [1.807, 2.05) is 0 Å². The predicted molar refractivity (Wildman–Crippen MR) is 79.9 cm³/mol. The lowest BCUT2D eigenvalue weighted by Gasteiger charge is -2.36. The molecule has 1 aliphatic carbocycles. The number of nitro groups is 1. The van der Waals surface area contributed by atoms with Gasteiger partial charge < -0.3 is 10.4 Å². The number of hydrogen-bond donors (Lipinski definition) is 2. The van der Waals surface area contributed by atoms with Gasteiger partial charge in [-0.1, -0.05) is 24.7 Å². The molecule has 1 aliphatic rings. The van der Waals surface area contributed by atoms with Gasteiger partial charge in [0.25, 0.3) is 0 Å². The highest BCUT2D eigenvalue weighted by atomic mass is 32.1. The van der Waals surface area contributed by atoms with Crippen molar-refractivity contribution < 1.29 is 10.0 Å². The van der Waals surface area contributed by atoms with Crippen molar-refractivity contribution in [3.8, 4) is 0 Å². The van der Waals surface area contributed by atoms with Gasteiger partial charge in [-0.15, -0.1) is 0 Å². The molecule has 1 saturated carbocycles. The van der Waals surface area contributed by atoms with Crippen LogP contribution in [0.2, 0.25) is 0 Å². The highest BCUT2D eigenvalue weighted by Gasteiger charge is 2.32. The molecule has 20 heavy (non-hydrogen) atoms. The summed E-state index contributed by atoms with van der Waals surface area (Å²) in [6.45, 7) is 3.34. The standard InChI is InChI=1S/C14H22N2O3S/c1-2-11-3-5-14(17,6-4-11)10-15-8-12-7-13(16(18)19)20-9-12/h7,9,11,15,17H,2-6,8,10H2,1H3. The molecule has 112 valence electrons. The molecule has 1 heterocycles. The van der Waals surface area contributed by atoms with Crippen LogP contribution in [-0.2, 0) is 6.54 Å². The SMILES string of the molecule is CCC1CCC(O)(CNCc2csc([N+](=O)[O-])c2)CC1. The van der Waals surface area contributed by atoms with Crippen LogP contribution in [-0.4, -0.2) is 22.2 Å². The quantitative estimate of drug-likeness (QED) is 0.625. The summed E-state index contributed by atoms with van der Waals surface area (Å²) in [6, 6.07) is 1.59. The van der Waals surface area contributed by atoms with E-state index in [1.165, 1.54) is 6.42 Å². The third-order valence-corrected chi connectivity index (χ3v) is 5.15. The van der Waals surface area contributed by atoms with Crippen LogP contribution in [0.1, 0.15) is 44.6 Å². The van der Waals surface area contributed by atoms with Gasteiger partial charge in [-0.3, -0.25) is 10.1 Å². The van der Waals surface area contributed by atoms with Crippen molar-refractivity contribution in [1.82, 2.24) is 5.32 Å². The van der Waals surface area contributed by atoms with E-state index < -0.39 is 5.60 Å². The molecule has 0 unspecified atom stereocenters. The predicted octanol–water partition coefficient (Wildman–Crippen LogP) is 3.08. The minimum atomic E-state index is -0.604. The zero-order valence-electron chi connectivity index (χ0n) is 11.8. The first kappa shape index (κ1) is 15.4. The molecule has 0 spiro atoms. The zero-order valence-corrected chi connectivity index (χ0v) is 12.6. The normalized spacial score (nSPS) is 26.6. The third kappa shape index (κ3) is 4.01. The van der Waals surface area contributed by atoms with Crippen LogP contribution in [0.3, 0.4) is 0 Å². The first-order chi connectivity index (χ1) is 9.52. The van der Waals surface area contributed by atoms with E-state index in [1.54, 1.807) is 11.4 Å². The maximum atomic E-state index is 10.6. The van der Waals surface area contributed by atoms with Crippen LogP contribution in [0.15, 0.2) is 11.4 Å². The van der Waals surface area contributed by atoms with Crippen molar-refractivity contribution in [3.05, 3.63) is 27.1 Å². The van der Waals surface area contributed by atoms with Crippen molar-refractivity contribution in [2.75, 3.05) is 6.54 Å². The Morgan fingerprint density at radius 2 is 2.25 bits per heavy atom. The van der Waals surface area contributed by atoms with Gasteiger partial charge in [0.1, 0.15) is 0 Å². The number of nitrogens with one attached hydrogen (secondary N) is 1. The van der Waals surface area contributed by atoms with E-state index >= 15 is 0 Å². The Labute approximate surface area is 123 Å². The first-order valence-electron chi connectivity index (χ1n) is 7.17. The summed E-state index contributed by atoms with van der Waals surface area (Å²) in [6.07, 6.45) is 5.09. The fourth-order valence-electron chi connectivity index (χ4n) is 2.79. The van der Waals surface area contributed by atoms with Crippen molar-refractivity contribution in [1.29, 1.82) is 0 Å². The van der Waals surface area contributed by atoms with Crippen LogP contribution >= 0.6 is 11.3 Å². The van der Waals surface area contributed by atoms with Gasteiger partial charge in [0.15, 0.2) is 0 Å². The second kappa shape index (κ2) is 6.65. The lowest BCUT2D eigenvalue weighted by molar-refractivity contribution is -0.380. The van der Waals surface area contributed by atoms with E-state index in [0.717, 1.165) is 48.5 Å². The molecule has 0 bridgehead atoms. The summed E-state index contributed by atoms with van der Waals surface area (Å²) in [7, 11) is 0. The highest BCUT2D eigenvalue weighted by molar-refractivity contribution is 7.13. The molecule has 0 atom stereocenters. The smallest absolute Gasteiger partial charge is 0.324 e. The molecule has 0 saturated heterocycles. The van der Waals surface area contributed by atoms with Gasteiger partial charge in [0.2, 0.25) is 0 Å². The Bertz CT molecular complexity index is 453. The van der Waals surface area contributed by atoms with Crippen molar-refractivity contribution in [2.45, 2.75) is 51.2 Å². The van der Waals surface area contributed by atoms with Gasteiger partial charge in [0, 0.05) is 24.5 Å². The van der Waals surface area contributed by atoms with Crippen LogP contribution in [0, 0.1) is 16.0 Å². The first-order valence-corrected chi connectivity index (χ1v) is 8.05. The van der Waals surface area contributed by atoms with Crippen LogP contribution in [0.4, 0.5) is 5.00 Å². The molecule has 0 aliphatic heterocycles. The van der Waals surface area contributed by atoms with Gasteiger partial charge in [-0.25, -0.2) is 0 Å². The molecule has 2 N–H and O–H groups in total. The molecule has 1 aromatic heterocycles. The Morgan fingerprint density at radius 1 is 1.55 bits per heavy atom. The Hall–Kier alpha value is -0.980. The van der Waals surface area contributed by atoms with E-state index in [-0.39, 0.29) is 9.92 Å². The molecule has 1 fully saturated rings. The van der Waals surface area contributed by atoms with E-state index in [9.17, 15) is 15.2 Å². The minimum Gasteiger partial charge on any atom is -0.389 e. The largest absolute Gasteiger partial charge is 0.389 e. The second-order valence-electron chi connectivity index (χ2n) is 5.73. The molecule has 0 aromatic carbocycles. The topological polar surface area (TPSA) is 75.4 Å². The van der Waals surface area contributed by atoms with Crippen molar-refractivity contribution >= 4 is 16.3 Å². The fourth-order valence-corrected chi connectivity index (χ4v) is 3.52. The average Bonchev–Trinajstić information content (AvgIpc) is 2.89. The van der Waals surface area contributed by atoms with Gasteiger partial charge in [-0.05, 0) is 37.2 Å². The van der Waals surface area contributed by atoms with Crippen LogP contribution < -0.4 is 5.32 Å². The summed E-state index contributed by atoms with van der Waals surface area (Å²) < 4.78 is 0. The van der Waals surface area contributed by atoms with E-state index in [4.69, 9.17) is 0 Å². The van der Waals surface area contributed by atoms with Crippen LogP contribution in [0.5, 0.6) is 0 Å². The van der Waals surface area contributed by atoms with Gasteiger partial charge >= 0.3 is 5.00 Å².